The number of hydrogen-bond donors (Lipinski definition) is 1. The van der Waals surface area contributed by atoms with Gasteiger partial charge in [0.15, 0.2) is 0 Å². The van der Waals surface area contributed by atoms with E-state index in [4.69, 9.17) is 26.8 Å². The summed E-state index contributed by atoms with van der Waals surface area (Å²) < 4.78 is 10.9. The fourth-order valence-electron chi connectivity index (χ4n) is 1.74. The summed E-state index contributed by atoms with van der Waals surface area (Å²) in [5.74, 6) is 0.689. The van der Waals surface area contributed by atoms with Gasteiger partial charge in [-0.25, -0.2) is 0 Å². The predicted molar refractivity (Wildman–Crippen MR) is 83.1 cm³/mol. The Balaban J connectivity index is 0.00000162. The summed E-state index contributed by atoms with van der Waals surface area (Å²) in [6, 6.07) is 5.29. The molecule has 1 aliphatic heterocycles. The van der Waals surface area contributed by atoms with Gasteiger partial charge in [0.05, 0.1) is 18.2 Å². The molecule has 19 heavy (non-hydrogen) atoms. The lowest BCUT2D eigenvalue weighted by atomic mass is 10.3. The maximum atomic E-state index is 6.01. The third-order valence-electron chi connectivity index (χ3n) is 2.72. The second kappa shape index (κ2) is 9.50. The fraction of sp³-hybridized carbons (Fsp3) is 0.500. The standard InChI is InChI=1S/C12H17ClN2O2.2ClH/c13-11-9-10(14)1-2-12(11)17-8-5-15-3-6-16-7-4-15;;/h1-2,9H,3-8,14H2;2*1H. The third-order valence-corrected chi connectivity index (χ3v) is 3.02. The molecular weight excluding hydrogens is 311 g/mol. The van der Waals surface area contributed by atoms with Gasteiger partial charge in [0.1, 0.15) is 12.4 Å². The first-order valence-electron chi connectivity index (χ1n) is 5.73. The molecule has 1 aromatic carbocycles. The Kier molecular flexibility index (Phi) is 9.31. The number of benzene rings is 1. The number of anilines is 1. The quantitative estimate of drug-likeness (QED) is 0.862. The summed E-state index contributed by atoms with van der Waals surface area (Å²) in [5.41, 5.74) is 6.26. The van der Waals surface area contributed by atoms with Crippen molar-refractivity contribution < 1.29 is 9.47 Å². The van der Waals surface area contributed by atoms with Crippen LogP contribution in [0.1, 0.15) is 0 Å². The molecule has 0 spiro atoms. The molecule has 0 saturated carbocycles. The number of nitrogens with zero attached hydrogens (tertiary/aromatic N) is 1. The van der Waals surface area contributed by atoms with Crippen molar-refractivity contribution in [3.63, 3.8) is 0 Å². The lowest BCUT2D eigenvalue weighted by Gasteiger charge is -2.26. The Bertz CT molecular complexity index is 374. The summed E-state index contributed by atoms with van der Waals surface area (Å²) >= 11 is 6.01. The van der Waals surface area contributed by atoms with Crippen LogP contribution in [0.15, 0.2) is 18.2 Å². The number of rotatable bonds is 4. The molecule has 0 atom stereocenters. The van der Waals surface area contributed by atoms with E-state index in [9.17, 15) is 0 Å². The van der Waals surface area contributed by atoms with E-state index in [0.29, 0.717) is 23.1 Å². The van der Waals surface area contributed by atoms with Crippen LogP contribution in [0, 0.1) is 0 Å². The van der Waals surface area contributed by atoms with Crippen molar-refractivity contribution in [2.24, 2.45) is 0 Å². The number of nitrogens with two attached hydrogens (primary N) is 1. The van der Waals surface area contributed by atoms with Gasteiger partial charge in [0.2, 0.25) is 0 Å². The zero-order valence-electron chi connectivity index (χ0n) is 10.5. The normalized spacial score (nSPS) is 15.2. The van der Waals surface area contributed by atoms with Crippen LogP contribution in [0.5, 0.6) is 5.75 Å². The highest BCUT2D eigenvalue weighted by molar-refractivity contribution is 6.32. The van der Waals surface area contributed by atoms with E-state index in [1.165, 1.54) is 0 Å². The topological polar surface area (TPSA) is 47.7 Å². The Morgan fingerprint density at radius 3 is 2.58 bits per heavy atom. The molecule has 1 saturated heterocycles. The van der Waals surface area contributed by atoms with Crippen LogP contribution in [0.3, 0.4) is 0 Å². The summed E-state index contributed by atoms with van der Waals surface area (Å²) in [4.78, 5) is 2.31. The fourth-order valence-corrected chi connectivity index (χ4v) is 1.99. The zero-order valence-corrected chi connectivity index (χ0v) is 12.9. The Labute approximate surface area is 131 Å². The molecule has 0 aliphatic carbocycles. The molecule has 4 nitrogen and oxygen atoms in total. The summed E-state index contributed by atoms with van der Waals surface area (Å²) in [7, 11) is 0. The second-order valence-electron chi connectivity index (χ2n) is 3.99. The average Bonchev–Trinajstić information content (AvgIpc) is 2.33. The molecule has 2 rings (SSSR count). The molecule has 1 heterocycles. The van der Waals surface area contributed by atoms with Gasteiger partial charge >= 0.3 is 0 Å². The van der Waals surface area contributed by atoms with Gasteiger partial charge in [0.25, 0.3) is 0 Å². The number of hydrogen-bond acceptors (Lipinski definition) is 4. The van der Waals surface area contributed by atoms with Crippen LogP contribution >= 0.6 is 36.4 Å². The highest BCUT2D eigenvalue weighted by Gasteiger charge is 2.10. The van der Waals surface area contributed by atoms with Gasteiger partial charge in [-0.15, -0.1) is 24.8 Å². The molecule has 110 valence electrons. The van der Waals surface area contributed by atoms with E-state index in [1.54, 1.807) is 18.2 Å². The molecular formula is C12H19Cl3N2O2. The number of ether oxygens (including phenoxy) is 2. The Morgan fingerprint density at radius 2 is 1.95 bits per heavy atom. The first-order chi connectivity index (χ1) is 8.25. The van der Waals surface area contributed by atoms with Crippen LogP contribution in [0.2, 0.25) is 5.02 Å². The molecule has 0 bridgehead atoms. The van der Waals surface area contributed by atoms with Gasteiger partial charge in [-0.3, -0.25) is 4.90 Å². The average molecular weight is 330 g/mol. The van der Waals surface area contributed by atoms with E-state index >= 15 is 0 Å². The van der Waals surface area contributed by atoms with Crippen molar-refractivity contribution in [2.75, 3.05) is 45.2 Å². The smallest absolute Gasteiger partial charge is 0.138 e. The number of nitrogen functional groups attached to an aromatic ring is 1. The Hall–Kier alpha value is -0.390. The molecule has 0 amide bonds. The molecule has 0 unspecified atom stereocenters. The zero-order chi connectivity index (χ0) is 12.1. The molecule has 0 radical (unpaired) electrons. The van der Waals surface area contributed by atoms with Crippen molar-refractivity contribution >= 4 is 42.1 Å². The Morgan fingerprint density at radius 1 is 1.26 bits per heavy atom. The minimum Gasteiger partial charge on any atom is -0.491 e. The number of morpholine rings is 1. The molecule has 1 fully saturated rings. The first-order valence-corrected chi connectivity index (χ1v) is 6.11. The monoisotopic (exact) mass is 328 g/mol. The highest BCUT2D eigenvalue weighted by atomic mass is 35.5. The van der Waals surface area contributed by atoms with Crippen molar-refractivity contribution in [2.45, 2.75) is 0 Å². The summed E-state index contributed by atoms with van der Waals surface area (Å²) in [6.45, 7) is 5.08. The van der Waals surface area contributed by atoms with Crippen molar-refractivity contribution in [3.8, 4) is 5.75 Å². The van der Waals surface area contributed by atoms with E-state index < -0.39 is 0 Å². The van der Waals surface area contributed by atoms with Crippen molar-refractivity contribution in [3.05, 3.63) is 23.2 Å². The summed E-state index contributed by atoms with van der Waals surface area (Å²) in [5, 5.41) is 0.562. The second-order valence-corrected chi connectivity index (χ2v) is 4.40. The lowest BCUT2D eigenvalue weighted by molar-refractivity contribution is 0.0322. The first kappa shape index (κ1) is 18.6. The van der Waals surface area contributed by atoms with Crippen molar-refractivity contribution in [1.29, 1.82) is 0 Å². The van der Waals surface area contributed by atoms with E-state index in [0.717, 1.165) is 32.8 Å². The maximum Gasteiger partial charge on any atom is 0.138 e. The van der Waals surface area contributed by atoms with Gasteiger partial charge in [-0.05, 0) is 18.2 Å². The molecule has 0 aromatic heterocycles. The summed E-state index contributed by atoms with van der Waals surface area (Å²) in [6.07, 6.45) is 0. The molecule has 1 aliphatic rings. The molecule has 7 heteroatoms. The largest absolute Gasteiger partial charge is 0.491 e. The molecule has 2 N–H and O–H groups in total. The van der Waals surface area contributed by atoms with Gasteiger partial charge in [-0.2, -0.15) is 0 Å². The third kappa shape index (κ3) is 6.06. The maximum absolute atomic E-state index is 6.01. The minimum atomic E-state index is 0. The minimum absolute atomic E-state index is 0. The number of halogens is 3. The predicted octanol–water partition coefficient (Wildman–Crippen LogP) is 2.48. The van der Waals surface area contributed by atoms with Gasteiger partial charge < -0.3 is 15.2 Å². The highest BCUT2D eigenvalue weighted by Crippen LogP contribution is 2.26. The lowest BCUT2D eigenvalue weighted by Crippen LogP contribution is -2.38. The van der Waals surface area contributed by atoms with Crippen LogP contribution in [0.4, 0.5) is 5.69 Å². The van der Waals surface area contributed by atoms with E-state index in [1.807, 2.05) is 0 Å². The SMILES string of the molecule is Cl.Cl.Nc1ccc(OCCN2CCOCC2)c(Cl)c1. The van der Waals surface area contributed by atoms with Crippen LogP contribution < -0.4 is 10.5 Å². The van der Waals surface area contributed by atoms with Gasteiger partial charge in [0, 0.05) is 25.3 Å². The van der Waals surface area contributed by atoms with Crippen LogP contribution in [0.25, 0.3) is 0 Å². The molecule has 1 aromatic rings. The van der Waals surface area contributed by atoms with E-state index in [2.05, 4.69) is 4.90 Å². The van der Waals surface area contributed by atoms with Crippen molar-refractivity contribution in [1.82, 2.24) is 4.90 Å². The van der Waals surface area contributed by atoms with Crippen LogP contribution in [-0.4, -0.2) is 44.4 Å². The van der Waals surface area contributed by atoms with Crippen LogP contribution in [-0.2, 0) is 4.74 Å². The van der Waals surface area contributed by atoms with Gasteiger partial charge in [-0.1, -0.05) is 11.6 Å². The van der Waals surface area contributed by atoms with E-state index in [-0.39, 0.29) is 24.8 Å².